The van der Waals surface area contributed by atoms with Crippen LogP contribution < -0.4 is 16.0 Å². The van der Waals surface area contributed by atoms with Crippen molar-refractivity contribution in [2.75, 3.05) is 12.8 Å². The average molecular weight is 404 g/mol. The molecule has 2 unspecified atom stereocenters. The predicted octanol–water partition coefficient (Wildman–Crippen LogP) is 3.46. The smallest absolute Gasteiger partial charge is 0.336 e. The van der Waals surface area contributed by atoms with E-state index >= 15 is 0 Å². The van der Waals surface area contributed by atoms with Gasteiger partial charge < -0.3 is 10.6 Å². The summed E-state index contributed by atoms with van der Waals surface area (Å²) in [5, 5.41) is 7.74. The number of rotatable bonds is 3. The molecule has 132 valence electrons. The Morgan fingerprint density at radius 2 is 2.09 bits per heavy atom. The summed E-state index contributed by atoms with van der Waals surface area (Å²) in [7, 11) is 0. The van der Waals surface area contributed by atoms with Gasteiger partial charge in [-0.2, -0.15) is 4.99 Å². The van der Waals surface area contributed by atoms with Crippen LogP contribution in [-0.2, 0) is 0 Å². The predicted molar refractivity (Wildman–Crippen MR) is 98.0 cm³/mol. The summed E-state index contributed by atoms with van der Waals surface area (Å²) in [6.07, 6.45) is 4.14. The van der Waals surface area contributed by atoms with Crippen LogP contribution in [0, 0.1) is 0 Å². The molecule has 4 amide bonds. The fourth-order valence-electron chi connectivity index (χ4n) is 2.00. The molecule has 0 heterocycles. The Hall–Kier alpha value is -0.370. The molecule has 0 aromatic heterocycles. The van der Waals surface area contributed by atoms with E-state index in [9.17, 15) is 9.59 Å². The summed E-state index contributed by atoms with van der Waals surface area (Å²) < 4.78 is -0.959. The maximum atomic E-state index is 12.0. The number of alkyl halides is 3. The molecule has 6 nitrogen and oxygen atoms in total. The molecule has 2 atom stereocenters. The summed E-state index contributed by atoms with van der Waals surface area (Å²) in [6, 6.07) is -1.05. The van der Waals surface area contributed by atoms with Crippen LogP contribution >= 0.6 is 46.6 Å². The van der Waals surface area contributed by atoms with Crippen LogP contribution in [0.5, 0.6) is 0 Å². The molecule has 23 heavy (non-hydrogen) atoms. The molecule has 0 aromatic carbocycles. The minimum Gasteiger partial charge on any atom is -0.336 e. The SMILES string of the molecule is CCCNC(=O)N=C(NC(=O)NC1CCC(Cl)(Cl)C(Cl)C1)SC. The first kappa shape index (κ1) is 20.7. The van der Waals surface area contributed by atoms with Gasteiger partial charge in [-0.05, 0) is 31.9 Å². The number of carbonyl (C=O) groups excluding carboxylic acids is 2. The number of hydrogen-bond donors (Lipinski definition) is 3. The molecule has 1 fully saturated rings. The molecule has 0 spiro atoms. The molecule has 0 saturated heterocycles. The third kappa shape index (κ3) is 7.37. The standard InChI is InChI=1S/C13H21Cl3N4O2S/c1-3-6-17-10(21)19-12(23-2)20-11(22)18-8-4-5-13(15,16)9(14)7-8/h8-9H,3-7H2,1-2H3,(H3,17,18,19,20,21,22). The Morgan fingerprint density at radius 1 is 1.39 bits per heavy atom. The monoisotopic (exact) mass is 402 g/mol. The van der Waals surface area contributed by atoms with E-state index in [4.69, 9.17) is 34.8 Å². The third-order valence-corrected chi connectivity index (χ3v) is 5.51. The second-order valence-corrected chi connectivity index (χ2v) is 8.02. The summed E-state index contributed by atoms with van der Waals surface area (Å²) in [5.74, 6) is 0. The normalized spacial score (nSPS) is 24.0. The quantitative estimate of drug-likeness (QED) is 0.383. The van der Waals surface area contributed by atoms with Gasteiger partial charge in [0, 0.05) is 12.6 Å². The number of hydrogen-bond acceptors (Lipinski definition) is 3. The summed E-state index contributed by atoms with van der Waals surface area (Å²) in [5.41, 5.74) is 0. The van der Waals surface area contributed by atoms with Crippen molar-refractivity contribution < 1.29 is 9.59 Å². The van der Waals surface area contributed by atoms with Crippen molar-refractivity contribution in [2.24, 2.45) is 4.99 Å². The van der Waals surface area contributed by atoms with E-state index in [0.29, 0.717) is 25.8 Å². The molecular weight excluding hydrogens is 383 g/mol. The average Bonchev–Trinajstić information content (AvgIpc) is 2.48. The summed E-state index contributed by atoms with van der Waals surface area (Å²) >= 11 is 19.4. The van der Waals surface area contributed by atoms with Crippen molar-refractivity contribution in [3.8, 4) is 0 Å². The molecule has 1 aliphatic carbocycles. The number of amides is 4. The van der Waals surface area contributed by atoms with Crippen molar-refractivity contribution in [1.29, 1.82) is 0 Å². The van der Waals surface area contributed by atoms with Crippen LogP contribution in [0.4, 0.5) is 9.59 Å². The van der Waals surface area contributed by atoms with Crippen LogP contribution in [0.25, 0.3) is 0 Å². The number of nitrogens with zero attached hydrogens (tertiary/aromatic N) is 1. The topological polar surface area (TPSA) is 82.6 Å². The molecule has 3 N–H and O–H groups in total. The van der Waals surface area contributed by atoms with E-state index < -0.39 is 21.8 Å². The van der Waals surface area contributed by atoms with Crippen molar-refractivity contribution in [1.82, 2.24) is 16.0 Å². The second-order valence-electron chi connectivity index (χ2n) is 5.15. The van der Waals surface area contributed by atoms with Crippen LogP contribution in [0.2, 0.25) is 0 Å². The van der Waals surface area contributed by atoms with Gasteiger partial charge >= 0.3 is 12.1 Å². The van der Waals surface area contributed by atoms with Crippen LogP contribution in [0.15, 0.2) is 4.99 Å². The van der Waals surface area contributed by atoms with E-state index in [1.54, 1.807) is 6.26 Å². The lowest BCUT2D eigenvalue weighted by atomic mass is 9.94. The molecular formula is C13H21Cl3N4O2S. The highest BCUT2D eigenvalue weighted by Gasteiger charge is 2.40. The first-order valence-corrected chi connectivity index (χ1v) is 9.70. The minimum atomic E-state index is -0.959. The molecule has 0 aromatic rings. The highest BCUT2D eigenvalue weighted by atomic mass is 35.5. The number of carbonyl (C=O) groups is 2. The molecule has 10 heteroatoms. The highest BCUT2D eigenvalue weighted by Crippen LogP contribution is 2.41. The number of aliphatic imine (C=N–C) groups is 1. The van der Waals surface area contributed by atoms with Gasteiger partial charge in [0.05, 0.1) is 5.38 Å². The molecule has 1 rings (SSSR count). The van der Waals surface area contributed by atoms with Gasteiger partial charge in [-0.1, -0.05) is 18.7 Å². The van der Waals surface area contributed by atoms with E-state index in [1.165, 1.54) is 11.8 Å². The molecule has 1 saturated carbocycles. The van der Waals surface area contributed by atoms with E-state index in [1.807, 2.05) is 6.92 Å². The number of amidine groups is 1. The van der Waals surface area contributed by atoms with Gasteiger partial charge in [-0.3, -0.25) is 5.32 Å². The van der Waals surface area contributed by atoms with Crippen LogP contribution in [0.3, 0.4) is 0 Å². The lowest BCUT2D eigenvalue weighted by Gasteiger charge is -2.35. The van der Waals surface area contributed by atoms with Gasteiger partial charge in [0.25, 0.3) is 0 Å². The Bertz CT molecular complexity index is 463. The Kier molecular flexibility index (Phi) is 8.82. The number of urea groups is 2. The van der Waals surface area contributed by atoms with Gasteiger partial charge in [-0.15, -0.1) is 34.8 Å². The first-order valence-electron chi connectivity index (χ1n) is 7.28. The summed E-state index contributed by atoms with van der Waals surface area (Å²) in [4.78, 5) is 27.3. The van der Waals surface area contributed by atoms with E-state index in [2.05, 4.69) is 20.9 Å². The van der Waals surface area contributed by atoms with Crippen molar-refractivity contribution in [3.63, 3.8) is 0 Å². The van der Waals surface area contributed by atoms with Crippen molar-refractivity contribution >= 4 is 63.8 Å². The lowest BCUT2D eigenvalue weighted by molar-refractivity contribution is 0.237. The molecule has 0 bridgehead atoms. The van der Waals surface area contributed by atoms with Gasteiger partial charge in [0.1, 0.15) is 4.33 Å². The summed E-state index contributed by atoms with van der Waals surface area (Å²) in [6.45, 7) is 2.48. The van der Waals surface area contributed by atoms with Crippen LogP contribution in [0.1, 0.15) is 32.6 Å². The molecule has 1 aliphatic rings. The van der Waals surface area contributed by atoms with Gasteiger partial charge in [0.2, 0.25) is 0 Å². The zero-order valence-electron chi connectivity index (χ0n) is 13.0. The van der Waals surface area contributed by atoms with Gasteiger partial charge in [-0.25, -0.2) is 9.59 Å². The Morgan fingerprint density at radius 3 is 2.65 bits per heavy atom. The molecule has 0 aliphatic heterocycles. The van der Waals surface area contributed by atoms with E-state index in [0.717, 1.165) is 6.42 Å². The second kappa shape index (κ2) is 9.81. The fraction of sp³-hybridized carbons (Fsp3) is 0.769. The third-order valence-electron chi connectivity index (χ3n) is 3.25. The minimum absolute atomic E-state index is 0.125. The number of nitrogens with one attached hydrogen (secondary N) is 3. The largest absolute Gasteiger partial charge is 0.343 e. The van der Waals surface area contributed by atoms with Crippen molar-refractivity contribution in [2.45, 2.75) is 48.4 Å². The van der Waals surface area contributed by atoms with Crippen LogP contribution in [-0.4, -0.2) is 45.8 Å². The molecule has 0 radical (unpaired) electrons. The van der Waals surface area contributed by atoms with Crippen molar-refractivity contribution in [3.05, 3.63) is 0 Å². The fourth-order valence-corrected chi connectivity index (χ4v) is 3.09. The van der Waals surface area contributed by atoms with Gasteiger partial charge in [0.15, 0.2) is 5.17 Å². The zero-order chi connectivity index (χ0) is 17.5. The number of halogens is 3. The maximum absolute atomic E-state index is 12.0. The Labute approximate surface area is 155 Å². The van der Waals surface area contributed by atoms with E-state index in [-0.39, 0.29) is 11.2 Å². The maximum Gasteiger partial charge on any atom is 0.343 e. The highest BCUT2D eigenvalue weighted by molar-refractivity contribution is 8.13. The zero-order valence-corrected chi connectivity index (χ0v) is 16.1. The number of thioether (sulfide) groups is 1. The lowest BCUT2D eigenvalue weighted by Crippen LogP contribution is -2.49. The Balaban J connectivity index is 2.48. The first-order chi connectivity index (χ1) is 10.8.